The van der Waals surface area contributed by atoms with Gasteiger partial charge in [-0.1, -0.05) is 0 Å². The average molecular weight is 191 g/mol. The first-order chi connectivity index (χ1) is 5.36. The third kappa shape index (κ3) is 2.61. The number of nitrogens with zero attached hydrogens (tertiary/aromatic N) is 1. The van der Waals surface area contributed by atoms with Gasteiger partial charge in [0.1, 0.15) is 0 Å². The van der Waals surface area contributed by atoms with Gasteiger partial charge in [-0.2, -0.15) is 0 Å². The van der Waals surface area contributed by atoms with Crippen molar-refractivity contribution in [3.8, 4) is 0 Å². The monoisotopic (exact) mass is 190 g/mol. The molecule has 12 heavy (non-hydrogen) atoms. The van der Waals surface area contributed by atoms with Crippen LogP contribution < -0.4 is 5.32 Å². The number of hydrogen-bond acceptors (Lipinski definition) is 2. The lowest BCUT2D eigenvalue weighted by Crippen LogP contribution is -2.28. The zero-order chi connectivity index (χ0) is 7.68. The molecule has 2 aliphatic rings. The fourth-order valence-corrected chi connectivity index (χ4v) is 1.94. The maximum absolute atomic E-state index is 3.41. The van der Waals surface area contributed by atoms with Gasteiger partial charge in [0, 0.05) is 12.6 Å². The first-order valence-electron chi connectivity index (χ1n) is 4.77. The van der Waals surface area contributed by atoms with Crippen LogP contribution in [-0.4, -0.2) is 37.6 Å². The van der Waals surface area contributed by atoms with Crippen molar-refractivity contribution < 1.29 is 0 Å². The van der Waals surface area contributed by atoms with Crippen LogP contribution in [0, 0.1) is 5.92 Å². The highest BCUT2D eigenvalue weighted by Crippen LogP contribution is 2.26. The molecule has 1 aliphatic heterocycles. The largest absolute Gasteiger partial charge is 0.316 e. The van der Waals surface area contributed by atoms with E-state index in [0.717, 1.165) is 12.0 Å². The Morgan fingerprint density at radius 1 is 1.33 bits per heavy atom. The molecule has 1 heterocycles. The summed E-state index contributed by atoms with van der Waals surface area (Å²) >= 11 is 0. The molecule has 1 atom stereocenters. The fraction of sp³-hybridized carbons (Fsp3) is 1.00. The lowest BCUT2D eigenvalue weighted by atomic mass is 10.1. The summed E-state index contributed by atoms with van der Waals surface area (Å²) in [6, 6.07) is 0.940. The molecule has 2 fully saturated rings. The Labute approximate surface area is 81.1 Å². The first-order valence-corrected chi connectivity index (χ1v) is 4.77. The molecule has 1 aliphatic carbocycles. The van der Waals surface area contributed by atoms with E-state index in [1.165, 1.54) is 38.9 Å². The van der Waals surface area contributed by atoms with E-state index in [0.29, 0.717) is 0 Å². The molecule has 1 unspecified atom stereocenters. The van der Waals surface area contributed by atoms with Crippen LogP contribution in [0.15, 0.2) is 0 Å². The highest BCUT2D eigenvalue weighted by atomic mass is 35.5. The van der Waals surface area contributed by atoms with Gasteiger partial charge < -0.3 is 10.2 Å². The van der Waals surface area contributed by atoms with Crippen LogP contribution in [0.3, 0.4) is 0 Å². The average Bonchev–Trinajstić information content (AvgIpc) is 2.73. The molecule has 0 amide bonds. The van der Waals surface area contributed by atoms with Crippen LogP contribution in [0.5, 0.6) is 0 Å². The van der Waals surface area contributed by atoms with Gasteiger partial charge in [-0.05, 0) is 45.3 Å². The lowest BCUT2D eigenvalue weighted by molar-refractivity contribution is 0.276. The van der Waals surface area contributed by atoms with E-state index in [1.807, 2.05) is 0 Å². The Bertz CT molecular complexity index is 130. The Balaban J connectivity index is 0.000000720. The van der Waals surface area contributed by atoms with Gasteiger partial charge in [0.25, 0.3) is 0 Å². The molecule has 0 aromatic heterocycles. The van der Waals surface area contributed by atoms with Gasteiger partial charge in [0.2, 0.25) is 0 Å². The maximum Gasteiger partial charge on any atom is 0.00934 e. The Kier molecular flexibility index (Phi) is 3.81. The zero-order valence-corrected chi connectivity index (χ0v) is 8.57. The van der Waals surface area contributed by atoms with Crippen LogP contribution in [-0.2, 0) is 0 Å². The van der Waals surface area contributed by atoms with E-state index in [2.05, 4.69) is 17.3 Å². The van der Waals surface area contributed by atoms with E-state index in [9.17, 15) is 0 Å². The maximum atomic E-state index is 3.41. The topological polar surface area (TPSA) is 15.3 Å². The molecule has 3 heteroatoms. The van der Waals surface area contributed by atoms with Crippen molar-refractivity contribution >= 4 is 12.4 Å². The quantitative estimate of drug-likeness (QED) is 0.718. The minimum absolute atomic E-state index is 0. The SMILES string of the molecule is CN(CC1CCNC1)C1CC1.Cl. The minimum atomic E-state index is 0. The molecule has 0 radical (unpaired) electrons. The molecule has 0 spiro atoms. The molecule has 1 saturated carbocycles. The van der Waals surface area contributed by atoms with E-state index in [-0.39, 0.29) is 12.4 Å². The van der Waals surface area contributed by atoms with Crippen molar-refractivity contribution in [1.82, 2.24) is 10.2 Å². The summed E-state index contributed by atoms with van der Waals surface area (Å²) < 4.78 is 0. The molecule has 2 rings (SSSR count). The third-order valence-electron chi connectivity index (χ3n) is 2.88. The number of hydrogen-bond donors (Lipinski definition) is 1. The predicted molar refractivity (Wildman–Crippen MR) is 53.9 cm³/mol. The summed E-state index contributed by atoms with van der Waals surface area (Å²) in [7, 11) is 2.27. The summed E-state index contributed by atoms with van der Waals surface area (Å²) in [6.07, 6.45) is 4.27. The van der Waals surface area contributed by atoms with Gasteiger partial charge in [-0.25, -0.2) is 0 Å². The van der Waals surface area contributed by atoms with Gasteiger partial charge in [0.05, 0.1) is 0 Å². The van der Waals surface area contributed by atoms with Crippen LogP contribution in [0.4, 0.5) is 0 Å². The highest BCUT2D eigenvalue weighted by Gasteiger charge is 2.28. The normalized spacial score (nSPS) is 29.0. The summed E-state index contributed by atoms with van der Waals surface area (Å²) in [5.74, 6) is 0.931. The van der Waals surface area contributed by atoms with Crippen molar-refractivity contribution in [1.29, 1.82) is 0 Å². The van der Waals surface area contributed by atoms with Crippen molar-refractivity contribution in [2.45, 2.75) is 25.3 Å². The Morgan fingerprint density at radius 3 is 2.58 bits per heavy atom. The van der Waals surface area contributed by atoms with Gasteiger partial charge in [-0.15, -0.1) is 12.4 Å². The van der Waals surface area contributed by atoms with E-state index in [1.54, 1.807) is 0 Å². The second kappa shape index (κ2) is 4.45. The Hall–Kier alpha value is 0.210. The van der Waals surface area contributed by atoms with Crippen molar-refractivity contribution in [3.63, 3.8) is 0 Å². The van der Waals surface area contributed by atoms with Crippen molar-refractivity contribution in [3.05, 3.63) is 0 Å². The molecular weight excluding hydrogens is 172 g/mol. The van der Waals surface area contributed by atoms with Crippen molar-refractivity contribution in [2.75, 3.05) is 26.7 Å². The first kappa shape index (κ1) is 10.3. The predicted octanol–water partition coefficient (Wildman–Crippen LogP) is 1.11. The van der Waals surface area contributed by atoms with Gasteiger partial charge >= 0.3 is 0 Å². The molecule has 0 bridgehead atoms. The van der Waals surface area contributed by atoms with Crippen LogP contribution in [0.1, 0.15) is 19.3 Å². The highest BCUT2D eigenvalue weighted by molar-refractivity contribution is 5.85. The fourth-order valence-electron chi connectivity index (χ4n) is 1.94. The van der Waals surface area contributed by atoms with E-state index >= 15 is 0 Å². The molecule has 0 aromatic rings. The van der Waals surface area contributed by atoms with Crippen LogP contribution >= 0.6 is 12.4 Å². The molecular formula is C9H19ClN2. The van der Waals surface area contributed by atoms with Crippen LogP contribution in [0.25, 0.3) is 0 Å². The molecule has 72 valence electrons. The van der Waals surface area contributed by atoms with Crippen molar-refractivity contribution in [2.24, 2.45) is 5.92 Å². The number of rotatable bonds is 3. The summed E-state index contributed by atoms with van der Waals surface area (Å²) in [4.78, 5) is 2.54. The van der Waals surface area contributed by atoms with E-state index in [4.69, 9.17) is 0 Å². The Morgan fingerprint density at radius 2 is 2.08 bits per heavy atom. The summed E-state index contributed by atoms with van der Waals surface area (Å²) in [5, 5.41) is 3.41. The minimum Gasteiger partial charge on any atom is -0.316 e. The number of nitrogens with one attached hydrogen (secondary N) is 1. The number of halogens is 1. The molecule has 1 N–H and O–H groups in total. The van der Waals surface area contributed by atoms with Crippen LogP contribution in [0.2, 0.25) is 0 Å². The standard InChI is InChI=1S/C9H18N2.ClH/c1-11(9-2-3-9)7-8-4-5-10-6-8;/h8-10H,2-7H2,1H3;1H. The molecule has 2 nitrogen and oxygen atoms in total. The third-order valence-corrected chi connectivity index (χ3v) is 2.88. The van der Waals surface area contributed by atoms with E-state index < -0.39 is 0 Å². The smallest absolute Gasteiger partial charge is 0.00934 e. The summed E-state index contributed by atoms with van der Waals surface area (Å²) in [5.41, 5.74) is 0. The van der Waals surface area contributed by atoms with Gasteiger partial charge in [-0.3, -0.25) is 0 Å². The van der Waals surface area contributed by atoms with Gasteiger partial charge in [0.15, 0.2) is 0 Å². The lowest BCUT2D eigenvalue weighted by Gasteiger charge is -2.19. The molecule has 1 saturated heterocycles. The summed E-state index contributed by atoms with van der Waals surface area (Å²) in [6.45, 7) is 3.80. The molecule has 0 aromatic carbocycles. The zero-order valence-electron chi connectivity index (χ0n) is 7.75. The second-order valence-corrected chi connectivity index (χ2v) is 4.03. The second-order valence-electron chi connectivity index (χ2n) is 4.03.